The van der Waals surface area contributed by atoms with Crippen molar-refractivity contribution in [2.75, 3.05) is 12.3 Å². The molecule has 16 heavy (non-hydrogen) atoms. The average Bonchev–Trinajstić information content (AvgIpc) is 2.47. The maximum Gasteiger partial charge on any atom is 0.0537 e. The summed E-state index contributed by atoms with van der Waals surface area (Å²) in [6, 6.07) is 0. The van der Waals surface area contributed by atoms with Crippen molar-refractivity contribution in [2.45, 2.75) is 39.0 Å². The minimum Gasteiger partial charge on any atom is -0.312 e. The number of nitrogens with one attached hydrogen (secondary N) is 1. The highest BCUT2D eigenvalue weighted by atomic mass is 32.2. The van der Waals surface area contributed by atoms with E-state index in [1.807, 2.05) is 29.7 Å². The summed E-state index contributed by atoms with van der Waals surface area (Å²) in [5.41, 5.74) is 2.54. The largest absolute Gasteiger partial charge is 0.312 e. The first-order chi connectivity index (χ1) is 7.40. The molecular weight excluding hydrogens is 218 g/mol. The minimum atomic E-state index is 0.367. The van der Waals surface area contributed by atoms with Gasteiger partial charge in [-0.25, -0.2) is 0 Å². The Morgan fingerprint density at radius 1 is 1.44 bits per heavy atom. The smallest absolute Gasteiger partial charge is 0.0537 e. The van der Waals surface area contributed by atoms with Crippen molar-refractivity contribution in [2.24, 2.45) is 7.05 Å². The van der Waals surface area contributed by atoms with Gasteiger partial charge in [-0.15, -0.1) is 0 Å². The van der Waals surface area contributed by atoms with Crippen molar-refractivity contribution < 1.29 is 0 Å². The number of aryl methyl sites for hydroxylation is 1. The number of hydrogen-bond donors (Lipinski definition) is 1. The molecule has 0 saturated carbocycles. The molecular formula is C12H23N3S. The van der Waals surface area contributed by atoms with Crippen LogP contribution in [0, 0.1) is 6.92 Å². The van der Waals surface area contributed by atoms with E-state index in [9.17, 15) is 0 Å². The molecule has 1 aromatic rings. The molecule has 0 unspecified atom stereocenters. The maximum atomic E-state index is 4.23. The standard InChI is InChI=1S/C12H23N3S/c1-10-11(9-14-15(10)5)8-13-6-7-16-12(2,3)4/h9,13H,6-8H2,1-5H3. The molecule has 1 N–H and O–H groups in total. The summed E-state index contributed by atoms with van der Waals surface area (Å²) in [6.45, 7) is 10.8. The fraction of sp³-hybridized carbons (Fsp3) is 0.750. The molecule has 4 heteroatoms. The van der Waals surface area contributed by atoms with Crippen molar-refractivity contribution in [3.05, 3.63) is 17.5 Å². The highest BCUT2D eigenvalue weighted by Gasteiger charge is 2.09. The molecule has 0 fully saturated rings. The summed E-state index contributed by atoms with van der Waals surface area (Å²) < 4.78 is 2.28. The van der Waals surface area contributed by atoms with Gasteiger partial charge in [-0.1, -0.05) is 20.8 Å². The Morgan fingerprint density at radius 3 is 2.62 bits per heavy atom. The summed E-state index contributed by atoms with van der Waals surface area (Å²) in [4.78, 5) is 0. The van der Waals surface area contributed by atoms with Crippen LogP contribution in [-0.2, 0) is 13.6 Å². The fourth-order valence-electron chi connectivity index (χ4n) is 1.37. The zero-order valence-corrected chi connectivity index (χ0v) is 11.8. The molecule has 0 atom stereocenters. The molecule has 0 aliphatic heterocycles. The van der Waals surface area contributed by atoms with E-state index < -0.39 is 0 Å². The van der Waals surface area contributed by atoms with Crippen molar-refractivity contribution >= 4 is 11.8 Å². The van der Waals surface area contributed by atoms with Crippen LogP contribution in [0.15, 0.2) is 6.20 Å². The highest BCUT2D eigenvalue weighted by Crippen LogP contribution is 2.22. The van der Waals surface area contributed by atoms with Gasteiger partial charge >= 0.3 is 0 Å². The Balaban J connectivity index is 2.19. The third-order valence-electron chi connectivity index (χ3n) is 2.47. The molecule has 1 rings (SSSR count). The lowest BCUT2D eigenvalue weighted by molar-refractivity contribution is 0.710. The average molecular weight is 241 g/mol. The summed E-state index contributed by atoms with van der Waals surface area (Å²) in [7, 11) is 1.98. The van der Waals surface area contributed by atoms with Gasteiger partial charge in [-0.05, 0) is 6.92 Å². The molecule has 1 heterocycles. The van der Waals surface area contributed by atoms with Gasteiger partial charge in [0.1, 0.15) is 0 Å². The summed E-state index contributed by atoms with van der Waals surface area (Å²) in [5, 5.41) is 7.68. The number of rotatable bonds is 5. The fourth-order valence-corrected chi connectivity index (χ4v) is 2.23. The summed E-state index contributed by atoms with van der Waals surface area (Å²) in [6.07, 6.45) is 1.94. The maximum absolute atomic E-state index is 4.23. The quantitative estimate of drug-likeness (QED) is 0.803. The van der Waals surface area contributed by atoms with E-state index in [1.165, 1.54) is 11.3 Å². The molecule has 1 aromatic heterocycles. The molecule has 0 bridgehead atoms. The van der Waals surface area contributed by atoms with Crippen LogP contribution in [0.2, 0.25) is 0 Å². The second-order valence-electron chi connectivity index (χ2n) is 5.02. The van der Waals surface area contributed by atoms with Gasteiger partial charge in [-0.3, -0.25) is 4.68 Å². The highest BCUT2D eigenvalue weighted by molar-refractivity contribution is 8.00. The minimum absolute atomic E-state index is 0.367. The van der Waals surface area contributed by atoms with Crippen molar-refractivity contribution in [3.63, 3.8) is 0 Å². The van der Waals surface area contributed by atoms with Crippen LogP contribution in [0.25, 0.3) is 0 Å². The zero-order chi connectivity index (χ0) is 12.2. The molecule has 0 spiro atoms. The second kappa shape index (κ2) is 5.73. The Kier molecular flexibility index (Phi) is 4.87. The van der Waals surface area contributed by atoms with Crippen molar-refractivity contribution in [1.29, 1.82) is 0 Å². The molecule has 3 nitrogen and oxygen atoms in total. The van der Waals surface area contributed by atoms with Gasteiger partial charge in [0.25, 0.3) is 0 Å². The van der Waals surface area contributed by atoms with Crippen LogP contribution >= 0.6 is 11.8 Å². The predicted octanol–water partition coefficient (Wildman–Crippen LogP) is 2.35. The SMILES string of the molecule is Cc1c(CNCCSC(C)(C)C)cnn1C. The van der Waals surface area contributed by atoms with Crippen LogP contribution in [0.1, 0.15) is 32.0 Å². The van der Waals surface area contributed by atoms with Gasteiger partial charge < -0.3 is 5.32 Å². The number of thioether (sulfide) groups is 1. The Labute approximate surface area is 103 Å². The van der Waals surface area contributed by atoms with Crippen LogP contribution in [0.5, 0.6) is 0 Å². The first-order valence-corrected chi connectivity index (χ1v) is 6.71. The summed E-state index contributed by atoms with van der Waals surface area (Å²) in [5.74, 6) is 1.16. The van der Waals surface area contributed by atoms with E-state index in [4.69, 9.17) is 0 Å². The number of nitrogens with zero attached hydrogens (tertiary/aromatic N) is 2. The normalized spacial score (nSPS) is 12.1. The Hall–Kier alpha value is -0.480. The Morgan fingerprint density at radius 2 is 2.12 bits per heavy atom. The topological polar surface area (TPSA) is 29.9 Å². The van der Waals surface area contributed by atoms with E-state index in [0.29, 0.717) is 4.75 Å². The lowest BCUT2D eigenvalue weighted by Gasteiger charge is -2.17. The van der Waals surface area contributed by atoms with E-state index in [0.717, 1.165) is 18.8 Å². The Bertz CT molecular complexity index is 325. The van der Waals surface area contributed by atoms with Crippen molar-refractivity contribution in [3.8, 4) is 0 Å². The lowest BCUT2D eigenvalue weighted by atomic mass is 10.2. The van der Waals surface area contributed by atoms with Gasteiger partial charge in [0.05, 0.1) is 6.20 Å². The van der Waals surface area contributed by atoms with Crippen LogP contribution < -0.4 is 5.32 Å². The third-order valence-corrected chi connectivity index (χ3v) is 3.74. The van der Waals surface area contributed by atoms with Gasteiger partial charge in [0, 0.05) is 41.9 Å². The van der Waals surface area contributed by atoms with Crippen LogP contribution in [0.4, 0.5) is 0 Å². The van der Waals surface area contributed by atoms with E-state index in [-0.39, 0.29) is 0 Å². The second-order valence-corrected chi connectivity index (χ2v) is 6.94. The van der Waals surface area contributed by atoms with E-state index in [1.54, 1.807) is 0 Å². The molecule has 0 radical (unpaired) electrons. The molecule has 0 aliphatic carbocycles. The van der Waals surface area contributed by atoms with Gasteiger partial charge in [-0.2, -0.15) is 16.9 Å². The van der Waals surface area contributed by atoms with Crippen LogP contribution in [-0.4, -0.2) is 26.8 Å². The molecule has 0 aliphatic rings. The monoisotopic (exact) mass is 241 g/mol. The van der Waals surface area contributed by atoms with Gasteiger partial charge in [0.15, 0.2) is 0 Å². The zero-order valence-electron chi connectivity index (χ0n) is 11.0. The van der Waals surface area contributed by atoms with E-state index >= 15 is 0 Å². The van der Waals surface area contributed by atoms with Crippen molar-refractivity contribution in [1.82, 2.24) is 15.1 Å². The molecule has 0 saturated heterocycles. The third kappa shape index (κ3) is 4.58. The summed E-state index contributed by atoms with van der Waals surface area (Å²) >= 11 is 1.99. The van der Waals surface area contributed by atoms with Crippen LogP contribution in [0.3, 0.4) is 0 Å². The first-order valence-electron chi connectivity index (χ1n) is 5.72. The molecule has 0 aromatic carbocycles. The lowest BCUT2D eigenvalue weighted by Crippen LogP contribution is -2.19. The number of aromatic nitrogens is 2. The number of hydrogen-bond acceptors (Lipinski definition) is 3. The van der Waals surface area contributed by atoms with E-state index in [2.05, 4.69) is 38.1 Å². The predicted molar refractivity (Wildman–Crippen MR) is 71.9 cm³/mol. The van der Waals surface area contributed by atoms with Gasteiger partial charge in [0.2, 0.25) is 0 Å². The first kappa shape index (κ1) is 13.6. The molecule has 0 amide bonds. The molecule has 92 valence electrons.